The summed E-state index contributed by atoms with van der Waals surface area (Å²) in [5.41, 5.74) is 2.07. The lowest BCUT2D eigenvalue weighted by atomic mass is 9.61. The molecule has 7 nitrogen and oxygen atoms in total. The monoisotopic (exact) mass is 556 g/mol. The minimum Gasteiger partial charge on any atom is -0.491 e. The summed E-state index contributed by atoms with van der Waals surface area (Å²) < 4.78 is 5.80. The van der Waals surface area contributed by atoms with Crippen molar-refractivity contribution < 1.29 is 24.2 Å². The molecular weight excluding hydrogens is 516 g/mol. The number of aryl methyl sites for hydroxylation is 2. The first-order valence-electron chi connectivity index (χ1n) is 14.3. The third-order valence-corrected chi connectivity index (χ3v) is 7.78. The minimum atomic E-state index is -1.68. The van der Waals surface area contributed by atoms with E-state index in [9.17, 15) is 19.5 Å². The van der Waals surface area contributed by atoms with Gasteiger partial charge in [-0.15, -0.1) is 0 Å². The Kier molecular flexibility index (Phi) is 9.28. The molecule has 41 heavy (non-hydrogen) atoms. The van der Waals surface area contributed by atoms with E-state index in [1.807, 2.05) is 70.2 Å². The summed E-state index contributed by atoms with van der Waals surface area (Å²) in [6, 6.07) is 22.0. The normalized spacial score (nSPS) is 22.3. The molecule has 0 spiro atoms. The molecule has 1 saturated carbocycles. The number of hydrogen-bond acceptors (Lipinski definition) is 5. The summed E-state index contributed by atoms with van der Waals surface area (Å²) in [6.45, 7) is 9.34. The number of amides is 2. The van der Waals surface area contributed by atoms with Crippen molar-refractivity contribution in [1.29, 1.82) is 0 Å². The molecule has 0 bridgehead atoms. The van der Waals surface area contributed by atoms with Crippen molar-refractivity contribution in [2.24, 2.45) is 11.8 Å². The van der Waals surface area contributed by atoms with Gasteiger partial charge in [0.15, 0.2) is 0 Å². The predicted molar refractivity (Wildman–Crippen MR) is 161 cm³/mol. The number of hydrogen-bond donors (Lipinski definition) is 3. The van der Waals surface area contributed by atoms with E-state index in [1.54, 1.807) is 30.3 Å². The van der Waals surface area contributed by atoms with Gasteiger partial charge in [0.25, 0.3) is 0 Å². The smallest absolute Gasteiger partial charge is 0.235 e. The first kappa shape index (κ1) is 30.0. The molecule has 216 valence electrons. The maximum absolute atomic E-state index is 14.0. The second-order valence-electron chi connectivity index (χ2n) is 11.2. The molecule has 0 radical (unpaired) electrons. The highest BCUT2D eigenvalue weighted by Crippen LogP contribution is 2.47. The van der Waals surface area contributed by atoms with Crippen molar-refractivity contribution in [3.63, 3.8) is 0 Å². The number of nitrogens with one attached hydrogen (secondary N) is 2. The predicted octanol–water partition coefficient (Wildman–Crippen LogP) is 5.92. The second-order valence-corrected chi connectivity index (χ2v) is 11.2. The molecule has 0 heterocycles. The molecule has 3 aromatic rings. The molecule has 3 N–H and O–H groups in total. The summed E-state index contributed by atoms with van der Waals surface area (Å²) in [5, 5.41) is 17.6. The average Bonchev–Trinajstić information content (AvgIpc) is 2.92. The Morgan fingerprint density at radius 3 is 1.90 bits per heavy atom. The minimum absolute atomic E-state index is 0.0350. The van der Waals surface area contributed by atoms with Gasteiger partial charge < -0.3 is 20.5 Å². The van der Waals surface area contributed by atoms with Gasteiger partial charge in [0.05, 0.1) is 17.6 Å². The van der Waals surface area contributed by atoms with Crippen LogP contribution >= 0.6 is 0 Å². The van der Waals surface area contributed by atoms with Gasteiger partial charge in [0, 0.05) is 23.7 Å². The quantitative estimate of drug-likeness (QED) is 0.284. The van der Waals surface area contributed by atoms with Crippen LogP contribution in [-0.4, -0.2) is 34.4 Å². The molecule has 2 amide bonds. The van der Waals surface area contributed by atoms with E-state index in [0.717, 1.165) is 11.1 Å². The van der Waals surface area contributed by atoms with Crippen LogP contribution in [-0.2, 0) is 27.2 Å². The summed E-state index contributed by atoms with van der Waals surface area (Å²) in [4.78, 5) is 41.6. The first-order valence-corrected chi connectivity index (χ1v) is 14.3. The number of Topliss-reactive ketones (excluding diaryl/α,β-unsaturated/α-hetero) is 1. The third-order valence-electron chi connectivity index (χ3n) is 7.78. The van der Waals surface area contributed by atoms with Crippen molar-refractivity contribution in [3.05, 3.63) is 89.5 Å². The van der Waals surface area contributed by atoms with Gasteiger partial charge in [-0.05, 0) is 74.6 Å². The van der Waals surface area contributed by atoms with E-state index in [4.69, 9.17) is 4.74 Å². The molecule has 3 aromatic carbocycles. The van der Waals surface area contributed by atoms with E-state index in [0.29, 0.717) is 35.5 Å². The molecule has 1 aliphatic carbocycles. The van der Waals surface area contributed by atoms with Gasteiger partial charge in [0.2, 0.25) is 11.8 Å². The van der Waals surface area contributed by atoms with Crippen LogP contribution in [0.25, 0.3) is 0 Å². The fraction of sp³-hybridized carbons (Fsp3) is 0.382. The van der Waals surface area contributed by atoms with Crippen LogP contribution in [0.3, 0.4) is 0 Å². The zero-order valence-electron chi connectivity index (χ0n) is 24.4. The van der Waals surface area contributed by atoms with Crippen LogP contribution in [0, 0.1) is 11.8 Å². The Morgan fingerprint density at radius 2 is 1.39 bits per heavy atom. The number of anilines is 2. The largest absolute Gasteiger partial charge is 0.491 e. The van der Waals surface area contributed by atoms with Crippen LogP contribution in [0.5, 0.6) is 5.75 Å². The number of para-hydroxylation sites is 2. The Balaban J connectivity index is 1.79. The SMILES string of the molecule is CCc1ccccc1NC(=O)C1C(=O)CC(C)(O)C(C(=O)Nc2ccccc2CC)C1c1ccc(OC(C)C)cc1. The number of benzene rings is 3. The summed E-state index contributed by atoms with van der Waals surface area (Å²) in [7, 11) is 0. The maximum atomic E-state index is 14.0. The molecule has 4 rings (SSSR count). The molecule has 0 saturated heterocycles. The average molecular weight is 557 g/mol. The highest BCUT2D eigenvalue weighted by atomic mass is 16.5. The lowest BCUT2D eigenvalue weighted by Gasteiger charge is -2.44. The van der Waals surface area contributed by atoms with Crippen molar-refractivity contribution in [2.45, 2.75) is 71.5 Å². The second kappa shape index (κ2) is 12.7. The Labute approximate surface area is 242 Å². The number of carbonyl (C=O) groups excluding carboxylic acids is 3. The molecule has 7 heteroatoms. The van der Waals surface area contributed by atoms with E-state index in [1.165, 1.54) is 6.92 Å². The highest BCUT2D eigenvalue weighted by molar-refractivity contribution is 6.10. The molecule has 0 aliphatic heterocycles. The Hall–Kier alpha value is -3.97. The standard InChI is InChI=1S/C34H40N2O5/c1-6-22-12-8-10-14-26(22)35-32(38)30-28(37)20-34(5,40)31(33(39)36-27-15-11-9-13-23(27)7-2)29(30)24-16-18-25(19-17-24)41-21(3)4/h8-19,21,29-31,40H,6-7,20H2,1-5H3,(H,35,38)(H,36,39). The number of carbonyl (C=O) groups is 3. The number of aliphatic hydroxyl groups is 1. The van der Waals surface area contributed by atoms with Crippen molar-refractivity contribution in [3.8, 4) is 5.75 Å². The fourth-order valence-electron chi connectivity index (χ4n) is 5.85. The van der Waals surface area contributed by atoms with E-state index < -0.39 is 41.0 Å². The van der Waals surface area contributed by atoms with Crippen LogP contribution in [0.1, 0.15) is 63.6 Å². The Morgan fingerprint density at radius 1 is 0.878 bits per heavy atom. The van der Waals surface area contributed by atoms with Gasteiger partial charge in [-0.3, -0.25) is 14.4 Å². The van der Waals surface area contributed by atoms with Gasteiger partial charge in [-0.2, -0.15) is 0 Å². The topological polar surface area (TPSA) is 105 Å². The molecule has 1 aliphatic rings. The zero-order chi connectivity index (χ0) is 29.7. The molecule has 4 unspecified atom stereocenters. The van der Waals surface area contributed by atoms with Crippen LogP contribution in [0.15, 0.2) is 72.8 Å². The van der Waals surface area contributed by atoms with Crippen molar-refractivity contribution in [1.82, 2.24) is 0 Å². The first-order chi connectivity index (χ1) is 19.6. The molecule has 4 atom stereocenters. The lowest BCUT2D eigenvalue weighted by molar-refractivity contribution is -0.150. The zero-order valence-corrected chi connectivity index (χ0v) is 24.4. The lowest BCUT2D eigenvalue weighted by Crippen LogP contribution is -2.56. The number of ether oxygens (including phenoxy) is 1. The number of rotatable bonds is 9. The van der Waals surface area contributed by atoms with Crippen LogP contribution in [0.4, 0.5) is 11.4 Å². The van der Waals surface area contributed by atoms with Gasteiger partial charge in [-0.25, -0.2) is 0 Å². The van der Waals surface area contributed by atoms with Crippen molar-refractivity contribution >= 4 is 29.0 Å². The van der Waals surface area contributed by atoms with Gasteiger partial charge >= 0.3 is 0 Å². The van der Waals surface area contributed by atoms with Gasteiger partial charge in [0.1, 0.15) is 17.5 Å². The summed E-state index contributed by atoms with van der Waals surface area (Å²) >= 11 is 0. The molecule has 0 aromatic heterocycles. The fourth-order valence-corrected chi connectivity index (χ4v) is 5.85. The van der Waals surface area contributed by atoms with Crippen LogP contribution < -0.4 is 15.4 Å². The van der Waals surface area contributed by atoms with E-state index in [2.05, 4.69) is 10.6 Å². The highest BCUT2D eigenvalue weighted by Gasteiger charge is 2.56. The number of ketones is 1. The maximum Gasteiger partial charge on any atom is 0.235 e. The van der Waals surface area contributed by atoms with E-state index in [-0.39, 0.29) is 12.5 Å². The van der Waals surface area contributed by atoms with Gasteiger partial charge in [-0.1, -0.05) is 62.4 Å². The van der Waals surface area contributed by atoms with Crippen LogP contribution in [0.2, 0.25) is 0 Å². The van der Waals surface area contributed by atoms with Crippen molar-refractivity contribution in [2.75, 3.05) is 10.6 Å². The molecular formula is C34H40N2O5. The summed E-state index contributed by atoms with van der Waals surface area (Å²) in [5.74, 6) is -3.90. The summed E-state index contributed by atoms with van der Waals surface area (Å²) in [6.07, 6.45) is 1.05. The van der Waals surface area contributed by atoms with E-state index >= 15 is 0 Å². The Bertz CT molecular complexity index is 1400. The molecule has 1 fully saturated rings. The third kappa shape index (κ3) is 6.68.